The number of hydrogen-bond acceptors (Lipinski definition) is 6. The molecule has 0 unspecified atom stereocenters. The molecule has 7 nitrogen and oxygen atoms in total. The number of esters is 1. The summed E-state index contributed by atoms with van der Waals surface area (Å²) in [6.07, 6.45) is -3.54. The molecule has 0 aliphatic carbocycles. The Bertz CT molecular complexity index is 989. The zero-order valence-corrected chi connectivity index (χ0v) is 13.6. The number of carbonyl (C=O) groups excluding carboxylic acids is 1. The number of halogens is 3. The molecule has 3 aromatic rings. The number of thiazole rings is 1. The van der Waals surface area contributed by atoms with Gasteiger partial charge in [-0.2, -0.15) is 18.3 Å². The predicted octanol–water partition coefficient (Wildman–Crippen LogP) is 2.02. The summed E-state index contributed by atoms with van der Waals surface area (Å²) in [6.45, 7) is 1.04. The molecule has 0 aliphatic heterocycles. The predicted molar refractivity (Wildman–Crippen MR) is 81.1 cm³/mol. The highest BCUT2D eigenvalue weighted by Crippen LogP contribution is 2.27. The number of aromatic nitrogens is 4. The lowest BCUT2D eigenvalue weighted by molar-refractivity contribution is -0.147. The molecule has 3 aromatic heterocycles. The van der Waals surface area contributed by atoms with Gasteiger partial charge in [-0.3, -0.25) is 18.7 Å². The molecule has 0 saturated carbocycles. The Morgan fingerprint density at radius 1 is 1.40 bits per heavy atom. The van der Waals surface area contributed by atoms with Crippen LogP contribution in [0.15, 0.2) is 28.5 Å². The van der Waals surface area contributed by atoms with Crippen molar-refractivity contribution < 1.29 is 22.7 Å². The minimum Gasteiger partial charge on any atom is -0.458 e. The maximum Gasteiger partial charge on any atom is 0.435 e. The molecule has 0 atom stereocenters. The summed E-state index contributed by atoms with van der Waals surface area (Å²) >= 11 is 1.27. The van der Waals surface area contributed by atoms with Crippen molar-refractivity contribution in [1.82, 2.24) is 19.2 Å². The van der Waals surface area contributed by atoms with Gasteiger partial charge in [0.2, 0.25) is 0 Å². The Kier molecular flexibility index (Phi) is 4.33. The molecule has 132 valence electrons. The van der Waals surface area contributed by atoms with E-state index >= 15 is 0 Å². The van der Waals surface area contributed by atoms with Crippen LogP contribution in [0.25, 0.3) is 4.96 Å². The molecular formula is C14H11F3N4O3S. The highest BCUT2D eigenvalue weighted by atomic mass is 32.1. The third-order valence-electron chi connectivity index (χ3n) is 3.23. The maximum atomic E-state index is 12.4. The van der Waals surface area contributed by atoms with E-state index in [1.165, 1.54) is 21.8 Å². The third-order valence-corrected chi connectivity index (χ3v) is 4.18. The van der Waals surface area contributed by atoms with Crippen LogP contribution in [0.2, 0.25) is 0 Å². The summed E-state index contributed by atoms with van der Waals surface area (Å²) < 4.78 is 44.5. The largest absolute Gasteiger partial charge is 0.458 e. The van der Waals surface area contributed by atoms with E-state index in [0.29, 0.717) is 4.96 Å². The van der Waals surface area contributed by atoms with Gasteiger partial charge in [0.25, 0.3) is 5.56 Å². The van der Waals surface area contributed by atoms with Crippen LogP contribution in [-0.4, -0.2) is 25.1 Å². The summed E-state index contributed by atoms with van der Waals surface area (Å²) in [5.74, 6) is -0.791. The molecule has 0 saturated heterocycles. The number of alkyl halides is 3. The van der Waals surface area contributed by atoms with Crippen LogP contribution in [-0.2, 0) is 28.9 Å². The molecule has 0 aliphatic rings. The van der Waals surface area contributed by atoms with Gasteiger partial charge in [-0.05, 0) is 13.0 Å². The zero-order chi connectivity index (χ0) is 18.2. The van der Waals surface area contributed by atoms with Crippen molar-refractivity contribution >= 4 is 22.3 Å². The van der Waals surface area contributed by atoms with E-state index in [2.05, 4.69) is 10.1 Å². The standard InChI is InChI=1S/C14H11F3N4O3S/c1-8-7-25-13-18-9(4-11(22)21(8)13)6-24-12(23)5-20-3-2-10(19-20)14(15,16)17/h2-4,7H,5-6H2,1H3. The molecule has 3 heterocycles. The van der Waals surface area contributed by atoms with E-state index < -0.39 is 24.4 Å². The first-order chi connectivity index (χ1) is 11.7. The Balaban J connectivity index is 1.64. The Morgan fingerprint density at radius 3 is 2.84 bits per heavy atom. The fourth-order valence-corrected chi connectivity index (χ4v) is 3.00. The average molecular weight is 372 g/mol. The first kappa shape index (κ1) is 17.1. The lowest BCUT2D eigenvalue weighted by Gasteiger charge is -2.05. The lowest BCUT2D eigenvalue weighted by Crippen LogP contribution is -2.18. The Morgan fingerprint density at radius 2 is 2.16 bits per heavy atom. The smallest absolute Gasteiger partial charge is 0.435 e. The van der Waals surface area contributed by atoms with Gasteiger partial charge in [0.15, 0.2) is 10.7 Å². The van der Waals surface area contributed by atoms with E-state index in [4.69, 9.17) is 4.74 Å². The normalized spacial score (nSPS) is 11.8. The fourth-order valence-electron chi connectivity index (χ4n) is 2.11. The molecule has 0 spiro atoms. The van der Waals surface area contributed by atoms with Crippen molar-refractivity contribution in [3.63, 3.8) is 0 Å². The number of rotatable bonds is 4. The first-order valence-corrected chi connectivity index (χ1v) is 7.85. The SMILES string of the molecule is Cc1csc2nc(COC(=O)Cn3ccc(C(F)(F)F)n3)cc(=O)n12. The summed E-state index contributed by atoms with van der Waals surface area (Å²) in [7, 11) is 0. The molecule has 0 aromatic carbocycles. The average Bonchev–Trinajstić information content (AvgIpc) is 3.12. The van der Waals surface area contributed by atoms with Gasteiger partial charge in [-0.1, -0.05) is 0 Å². The molecule has 25 heavy (non-hydrogen) atoms. The molecule has 0 bridgehead atoms. The van der Waals surface area contributed by atoms with E-state index in [1.807, 2.05) is 0 Å². The highest BCUT2D eigenvalue weighted by molar-refractivity contribution is 7.15. The molecule has 0 N–H and O–H groups in total. The van der Waals surface area contributed by atoms with Crippen molar-refractivity contribution in [2.45, 2.75) is 26.3 Å². The van der Waals surface area contributed by atoms with Crippen molar-refractivity contribution in [1.29, 1.82) is 0 Å². The van der Waals surface area contributed by atoms with Crippen LogP contribution < -0.4 is 5.56 Å². The van der Waals surface area contributed by atoms with Gasteiger partial charge >= 0.3 is 12.1 Å². The zero-order valence-electron chi connectivity index (χ0n) is 12.8. The van der Waals surface area contributed by atoms with Crippen molar-refractivity contribution in [2.24, 2.45) is 0 Å². The fraction of sp³-hybridized carbons (Fsp3) is 0.286. The number of aryl methyl sites for hydroxylation is 1. The molecule has 0 amide bonds. The van der Waals surface area contributed by atoms with Gasteiger partial charge in [-0.15, -0.1) is 11.3 Å². The van der Waals surface area contributed by atoms with Gasteiger partial charge < -0.3 is 4.74 Å². The van der Waals surface area contributed by atoms with Gasteiger partial charge in [0, 0.05) is 23.3 Å². The van der Waals surface area contributed by atoms with Gasteiger partial charge in [0.05, 0.1) is 5.69 Å². The van der Waals surface area contributed by atoms with Crippen LogP contribution in [0.4, 0.5) is 13.2 Å². The molecule has 3 rings (SSSR count). The molecular weight excluding hydrogens is 361 g/mol. The van der Waals surface area contributed by atoms with Crippen LogP contribution in [0.5, 0.6) is 0 Å². The lowest BCUT2D eigenvalue weighted by atomic mass is 10.4. The van der Waals surface area contributed by atoms with Crippen molar-refractivity contribution in [3.05, 3.63) is 51.1 Å². The van der Waals surface area contributed by atoms with Crippen LogP contribution in [0.3, 0.4) is 0 Å². The van der Waals surface area contributed by atoms with Gasteiger partial charge in [0.1, 0.15) is 13.2 Å². The third kappa shape index (κ3) is 3.71. The topological polar surface area (TPSA) is 78.5 Å². The number of carbonyl (C=O) groups is 1. The van der Waals surface area contributed by atoms with Crippen LogP contribution in [0, 0.1) is 6.92 Å². The number of nitrogens with zero attached hydrogens (tertiary/aromatic N) is 4. The van der Waals surface area contributed by atoms with E-state index in [-0.39, 0.29) is 17.9 Å². The van der Waals surface area contributed by atoms with Gasteiger partial charge in [-0.25, -0.2) is 4.98 Å². The quantitative estimate of drug-likeness (QED) is 0.655. The van der Waals surface area contributed by atoms with E-state index in [1.54, 1.807) is 12.3 Å². The second kappa shape index (κ2) is 6.31. The van der Waals surface area contributed by atoms with Crippen LogP contribution >= 0.6 is 11.3 Å². The Labute approximate surface area is 142 Å². The van der Waals surface area contributed by atoms with Crippen LogP contribution in [0.1, 0.15) is 17.1 Å². The van der Waals surface area contributed by atoms with E-state index in [9.17, 15) is 22.8 Å². The molecule has 11 heteroatoms. The number of ether oxygens (including phenoxy) is 1. The monoisotopic (exact) mass is 372 g/mol. The summed E-state index contributed by atoms with van der Waals surface area (Å²) in [5, 5.41) is 5.03. The summed E-state index contributed by atoms with van der Waals surface area (Å²) in [5.41, 5.74) is -0.373. The second-order valence-corrected chi connectivity index (χ2v) is 5.97. The minimum atomic E-state index is -4.57. The van der Waals surface area contributed by atoms with Crippen molar-refractivity contribution in [2.75, 3.05) is 0 Å². The molecule has 0 radical (unpaired) electrons. The number of hydrogen-bond donors (Lipinski definition) is 0. The minimum absolute atomic E-state index is 0.255. The molecule has 0 fully saturated rings. The maximum absolute atomic E-state index is 12.4. The van der Waals surface area contributed by atoms with E-state index in [0.717, 1.165) is 22.6 Å². The van der Waals surface area contributed by atoms with Crippen molar-refractivity contribution in [3.8, 4) is 0 Å². The Hall–Kier alpha value is -2.69. The number of fused-ring (bicyclic) bond motifs is 1. The first-order valence-electron chi connectivity index (χ1n) is 6.97. The highest BCUT2D eigenvalue weighted by Gasteiger charge is 2.33. The summed E-state index contributed by atoms with van der Waals surface area (Å²) in [6, 6.07) is 2.01. The second-order valence-electron chi connectivity index (χ2n) is 5.14. The summed E-state index contributed by atoms with van der Waals surface area (Å²) in [4.78, 5) is 28.4.